The Labute approximate surface area is 153 Å². The van der Waals surface area contributed by atoms with Crippen LogP contribution >= 0.6 is 0 Å². The van der Waals surface area contributed by atoms with E-state index in [4.69, 9.17) is 14.2 Å². The fraction of sp³-hybridized carbons (Fsp3) is 0.778. The highest BCUT2D eigenvalue weighted by Crippen LogP contribution is 2.20. The molecule has 0 bridgehead atoms. The van der Waals surface area contributed by atoms with Gasteiger partial charge in [0.05, 0.1) is 6.61 Å². The zero-order valence-electron chi connectivity index (χ0n) is 16.3. The van der Waals surface area contributed by atoms with Crippen molar-refractivity contribution in [1.29, 1.82) is 0 Å². The molecule has 1 N–H and O–H groups in total. The van der Waals surface area contributed by atoms with Gasteiger partial charge in [-0.1, -0.05) is 32.4 Å². The third-order valence-corrected chi connectivity index (χ3v) is 4.60. The summed E-state index contributed by atoms with van der Waals surface area (Å²) in [5, 5.41) is 1.11. The van der Waals surface area contributed by atoms with Crippen LogP contribution in [-0.4, -0.2) is 46.7 Å². The molecule has 25 heavy (non-hydrogen) atoms. The van der Waals surface area contributed by atoms with Crippen molar-refractivity contribution in [3.8, 4) is 0 Å². The Bertz CT molecular complexity index is 482. The van der Waals surface area contributed by atoms with Gasteiger partial charge in [0.2, 0.25) is 10.0 Å². The Morgan fingerprint density at radius 2 is 1.76 bits per heavy atom. The van der Waals surface area contributed by atoms with Gasteiger partial charge in [-0.25, -0.2) is 13.1 Å². The lowest BCUT2D eigenvalue weighted by atomic mass is 10.2. The lowest BCUT2D eigenvalue weighted by molar-refractivity contribution is -0.200. The molecule has 0 aromatic heterocycles. The van der Waals surface area contributed by atoms with Gasteiger partial charge in [0.1, 0.15) is 0 Å². The molecule has 0 radical (unpaired) electrons. The second kappa shape index (κ2) is 13.5. The molecule has 0 unspecified atom stereocenters. The molecule has 0 aliphatic heterocycles. The molecule has 148 valence electrons. The zero-order valence-corrected chi connectivity index (χ0v) is 17.1. The number of ether oxygens (including phenoxy) is 3. The van der Waals surface area contributed by atoms with E-state index in [1.165, 1.54) is 6.08 Å². The van der Waals surface area contributed by atoms with Crippen LogP contribution in [0.25, 0.3) is 0 Å². The van der Waals surface area contributed by atoms with Crippen LogP contribution < -0.4 is 4.72 Å². The van der Waals surface area contributed by atoms with Crippen LogP contribution in [0.1, 0.15) is 53.9 Å². The minimum Gasteiger partial charge on any atom is -0.377 e. The van der Waals surface area contributed by atoms with Crippen molar-refractivity contribution in [3.05, 3.63) is 23.6 Å². The van der Waals surface area contributed by atoms with E-state index in [0.29, 0.717) is 26.2 Å². The van der Waals surface area contributed by atoms with Gasteiger partial charge in [0, 0.05) is 37.7 Å². The summed E-state index contributed by atoms with van der Waals surface area (Å²) >= 11 is 0. The largest absolute Gasteiger partial charge is 0.377 e. The average molecular weight is 378 g/mol. The van der Waals surface area contributed by atoms with Gasteiger partial charge in [-0.05, 0) is 33.3 Å². The smallest absolute Gasteiger partial charge is 0.234 e. The maximum Gasteiger partial charge on any atom is 0.234 e. The Hall–Kier alpha value is -0.730. The van der Waals surface area contributed by atoms with Gasteiger partial charge >= 0.3 is 0 Å². The molecule has 0 heterocycles. The highest BCUT2D eigenvalue weighted by molar-refractivity contribution is 7.92. The normalized spacial score (nSPS) is 14.6. The summed E-state index contributed by atoms with van der Waals surface area (Å²) in [7, 11) is -3.59. The van der Waals surface area contributed by atoms with Crippen LogP contribution in [0, 0.1) is 0 Å². The van der Waals surface area contributed by atoms with Crippen LogP contribution in [0.2, 0.25) is 0 Å². The number of sulfonamides is 1. The third-order valence-electron chi connectivity index (χ3n) is 3.40. The molecular weight excluding hydrogens is 342 g/mol. The number of hydrogen-bond donors (Lipinski definition) is 1. The molecule has 0 fully saturated rings. The summed E-state index contributed by atoms with van der Waals surface area (Å²) in [5.74, 6) is -1.01. The molecule has 7 heteroatoms. The molecule has 0 aromatic rings. The Balaban J connectivity index is 4.65. The molecule has 0 amide bonds. The molecule has 0 aliphatic carbocycles. The third kappa shape index (κ3) is 11.5. The maximum absolute atomic E-state index is 12.2. The Morgan fingerprint density at radius 3 is 2.28 bits per heavy atom. The average Bonchev–Trinajstić information content (AvgIpc) is 2.56. The second-order valence-corrected chi connectivity index (χ2v) is 7.24. The number of rotatable bonds is 15. The minimum atomic E-state index is -3.59. The maximum atomic E-state index is 12.2. The first-order chi connectivity index (χ1) is 11.8. The molecule has 0 aliphatic rings. The molecule has 0 aromatic carbocycles. The monoisotopic (exact) mass is 377 g/mol. The minimum absolute atomic E-state index is 0.334. The van der Waals surface area contributed by atoms with Crippen molar-refractivity contribution in [3.63, 3.8) is 0 Å². The van der Waals surface area contributed by atoms with Gasteiger partial charge in [0.15, 0.2) is 5.79 Å². The van der Waals surface area contributed by atoms with Crippen LogP contribution in [0.5, 0.6) is 0 Å². The second-order valence-electron chi connectivity index (χ2n) is 5.64. The van der Waals surface area contributed by atoms with E-state index >= 15 is 0 Å². The summed E-state index contributed by atoms with van der Waals surface area (Å²) in [5.41, 5.74) is 0. The van der Waals surface area contributed by atoms with E-state index in [2.05, 4.69) is 11.6 Å². The van der Waals surface area contributed by atoms with Crippen LogP contribution in [-0.2, 0) is 24.2 Å². The van der Waals surface area contributed by atoms with E-state index in [1.54, 1.807) is 13.0 Å². The molecule has 0 saturated heterocycles. The summed E-state index contributed by atoms with van der Waals surface area (Å²) < 4.78 is 43.6. The quantitative estimate of drug-likeness (QED) is 0.269. The SMILES string of the molecule is CCCCOC/C=C\[C@@H](C)NS(=O)(=O)/C=C/C(CC)(OCC)OCC. The topological polar surface area (TPSA) is 73.9 Å². The molecular formula is C18H35NO5S. The number of unbranched alkanes of at least 4 members (excludes halogenated alkanes) is 1. The fourth-order valence-electron chi connectivity index (χ4n) is 2.14. The van der Waals surface area contributed by atoms with Crippen molar-refractivity contribution in [2.24, 2.45) is 0 Å². The van der Waals surface area contributed by atoms with E-state index < -0.39 is 15.8 Å². The predicted octanol–water partition coefficient (Wildman–Crippen LogP) is 3.36. The lowest BCUT2D eigenvalue weighted by Crippen LogP contribution is -2.35. The van der Waals surface area contributed by atoms with E-state index in [1.807, 2.05) is 26.8 Å². The first-order valence-corrected chi connectivity index (χ1v) is 10.6. The molecule has 0 spiro atoms. The van der Waals surface area contributed by atoms with E-state index in [-0.39, 0.29) is 6.04 Å². The van der Waals surface area contributed by atoms with Gasteiger partial charge in [0.25, 0.3) is 0 Å². The summed E-state index contributed by atoms with van der Waals surface area (Å²) in [6.45, 7) is 11.5. The molecule has 0 rings (SSSR count). The van der Waals surface area contributed by atoms with Crippen molar-refractivity contribution in [2.75, 3.05) is 26.4 Å². The number of hydrogen-bond acceptors (Lipinski definition) is 5. The van der Waals surface area contributed by atoms with Gasteiger partial charge < -0.3 is 14.2 Å². The zero-order chi connectivity index (χ0) is 19.2. The standard InChI is InChI=1S/C18H35NO5S/c1-6-10-14-22-15-11-12-17(5)19-25(20,21)16-13-18(7-2,23-8-3)24-9-4/h11-13,16-17,19H,6-10,14-15H2,1-5H3/b12-11-,16-13+/t17-/m1/s1. The van der Waals surface area contributed by atoms with E-state index in [0.717, 1.165) is 24.9 Å². The highest BCUT2D eigenvalue weighted by Gasteiger charge is 2.26. The van der Waals surface area contributed by atoms with E-state index in [9.17, 15) is 8.42 Å². The van der Waals surface area contributed by atoms with Crippen LogP contribution in [0.3, 0.4) is 0 Å². The Kier molecular flexibility index (Phi) is 13.1. The van der Waals surface area contributed by atoms with Crippen LogP contribution in [0.4, 0.5) is 0 Å². The van der Waals surface area contributed by atoms with Gasteiger partial charge in [-0.2, -0.15) is 0 Å². The molecule has 0 saturated carbocycles. The Morgan fingerprint density at radius 1 is 1.12 bits per heavy atom. The summed E-state index contributed by atoms with van der Waals surface area (Å²) in [6, 6.07) is -0.334. The molecule has 1 atom stereocenters. The summed E-state index contributed by atoms with van der Waals surface area (Å²) in [6.07, 6.45) is 7.70. The van der Waals surface area contributed by atoms with Crippen molar-refractivity contribution >= 4 is 10.0 Å². The van der Waals surface area contributed by atoms with Crippen molar-refractivity contribution in [2.45, 2.75) is 65.7 Å². The van der Waals surface area contributed by atoms with Crippen LogP contribution in [0.15, 0.2) is 23.6 Å². The highest BCUT2D eigenvalue weighted by atomic mass is 32.2. The molecule has 6 nitrogen and oxygen atoms in total. The van der Waals surface area contributed by atoms with Crippen molar-refractivity contribution < 1.29 is 22.6 Å². The first-order valence-electron chi connectivity index (χ1n) is 9.08. The summed E-state index contributed by atoms with van der Waals surface area (Å²) in [4.78, 5) is 0. The number of nitrogens with one attached hydrogen (secondary N) is 1. The lowest BCUT2D eigenvalue weighted by Gasteiger charge is -2.28. The fourth-order valence-corrected chi connectivity index (χ4v) is 3.20. The van der Waals surface area contributed by atoms with Crippen molar-refractivity contribution in [1.82, 2.24) is 4.72 Å². The predicted molar refractivity (Wildman–Crippen MR) is 102 cm³/mol. The first kappa shape index (κ1) is 24.3. The van der Waals surface area contributed by atoms with Gasteiger partial charge in [-0.15, -0.1) is 0 Å². The van der Waals surface area contributed by atoms with Gasteiger partial charge in [-0.3, -0.25) is 0 Å².